The van der Waals surface area contributed by atoms with Crippen molar-refractivity contribution in [3.63, 3.8) is 0 Å². The van der Waals surface area contributed by atoms with Crippen molar-refractivity contribution in [2.45, 2.75) is 127 Å². The third-order valence-electron chi connectivity index (χ3n) is 11.1. The van der Waals surface area contributed by atoms with Crippen LogP contribution < -0.4 is 0 Å². The summed E-state index contributed by atoms with van der Waals surface area (Å²) in [7, 11) is 0. The van der Waals surface area contributed by atoms with Crippen molar-refractivity contribution in [2.75, 3.05) is 6.54 Å². The van der Waals surface area contributed by atoms with E-state index in [1.807, 2.05) is 13.0 Å². The van der Waals surface area contributed by atoms with E-state index < -0.39 is 6.10 Å². The molecule has 1 saturated heterocycles. The van der Waals surface area contributed by atoms with Gasteiger partial charge in [0.1, 0.15) is 17.0 Å². The molecule has 0 aromatic carbocycles. The molecule has 6 bridgehead atoms. The van der Waals surface area contributed by atoms with Crippen LogP contribution in [0.1, 0.15) is 92.4 Å². The van der Waals surface area contributed by atoms with Crippen molar-refractivity contribution < 1.29 is 24.0 Å². The van der Waals surface area contributed by atoms with Crippen LogP contribution in [-0.2, 0) is 14.3 Å². The first-order valence-electron chi connectivity index (χ1n) is 15.0. The second-order valence-corrected chi connectivity index (χ2v) is 15.1. The lowest BCUT2D eigenvalue weighted by Crippen LogP contribution is -2.54. The molecule has 6 rings (SSSR count). The van der Waals surface area contributed by atoms with Crippen molar-refractivity contribution in [2.24, 2.45) is 17.3 Å². The van der Waals surface area contributed by atoms with Gasteiger partial charge in [0.15, 0.2) is 11.8 Å². The molecular weight excluding hydrogens is 542 g/mol. The normalized spacial score (nSPS) is 46.8. The predicted molar refractivity (Wildman–Crippen MR) is 153 cm³/mol. The first-order valence-corrected chi connectivity index (χ1v) is 15.7. The van der Waals surface area contributed by atoms with Crippen LogP contribution in [0.5, 0.6) is 0 Å². The van der Waals surface area contributed by atoms with Crippen LogP contribution in [0, 0.1) is 17.3 Å². The lowest BCUT2D eigenvalue weighted by Gasteiger charge is -2.46. The number of carbonyl (C=O) groups is 1. The number of ether oxygens (including phenoxy) is 2. The Balaban J connectivity index is 1.49. The van der Waals surface area contributed by atoms with E-state index in [0.717, 1.165) is 57.1 Å². The van der Waals surface area contributed by atoms with Crippen molar-refractivity contribution in [1.82, 2.24) is 0 Å². The van der Waals surface area contributed by atoms with Crippen molar-refractivity contribution in [3.8, 4) is 0 Å². The van der Waals surface area contributed by atoms with E-state index in [2.05, 4.69) is 54.3 Å². The molecule has 5 heterocycles. The summed E-state index contributed by atoms with van der Waals surface area (Å²) < 4.78 is 15.2. The third-order valence-corrected chi connectivity index (χ3v) is 12.1. The average Bonchev–Trinajstić information content (AvgIpc) is 3.57. The Hall–Kier alpha value is -1.24. The lowest BCUT2D eigenvalue weighted by atomic mass is 9.57. The van der Waals surface area contributed by atoms with Gasteiger partial charge in [-0.3, -0.25) is 0 Å². The molecule has 5 nitrogen and oxygen atoms in total. The van der Waals surface area contributed by atoms with Gasteiger partial charge in [0.05, 0.1) is 23.7 Å². The fraction of sp³-hybridized carbons (Fsp3) is 0.750. The molecule has 0 aromatic rings. The van der Waals surface area contributed by atoms with Gasteiger partial charge in [-0.15, -0.1) is 0 Å². The summed E-state index contributed by atoms with van der Waals surface area (Å²) in [6, 6.07) is 0.423. The van der Waals surface area contributed by atoms with E-state index in [9.17, 15) is 9.90 Å². The number of allylic oxidation sites excluding steroid dienone is 2. The summed E-state index contributed by atoms with van der Waals surface area (Å²) in [5.41, 5.74) is 6.07. The first kappa shape index (κ1) is 27.0. The SMILES string of the molecule is CC1=C[C@@H](C2=C(C)[C@@H]3/C=C(\C)[C@@H](O)CC[C@@H]4C[C@@H](C)[C@@H](O4)[C@@](C)(Br)[C@@H]4CCC5=[N+]4CCC[C@@]53CC2)OC1=O. The maximum Gasteiger partial charge on any atom is 0.334 e. The molecular formula is C32H45BrNO4+. The highest BCUT2D eigenvalue weighted by molar-refractivity contribution is 9.10. The summed E-state index contributed by atoms with van der Waals surface area (Å²) in [6.07, 6.45) is 13.4. The Morgan fingerprint density at radius 1 is 1.11 bits per heavy atom. The number of alkyl halides is 1. The number of aliphatic hydroxyl groups excluding tert-OH is 1. The summed E-state index contributed by atoms with van der Waals surface area (Å²) in [5.74, 6) is 0.511. The Kier molecular flexibility index (Phi) is 6.88. The molecule has 0 saturated carbocycles. The molecule has 1 fully saturated rings. The standard InChI is InChI=1S/C32H45BrNO4/c1-18-16-24-21(4)23(26-17-20(3)30(36)38-26)11-13-32(24)12-6-14-34-27(9-10-28(32)34)31(5,33)29-19(2)15-22(37-29)7-8-25(18)35/h16-17,19,22,24-27,29,35H,6-15H2,1-5H3/q+1/b18-16+/t19-,22-,24+,25+,26+,27+,29-,31+,32+/m1/s1. The summed E-state index contributed by atoms with van der Waals surface area (Å²) >= 11 is 4.27. The van der Waals surface area contributed by atoms with E-state index in [4.69, 9.17) is 9.47 Å². The van der Waals surface area contributed by atoms with Crippen molar-refractivity contribution in [1.29, 1.82) is 0 Å². The maximum absolute atomic E-state index is 12.3. The highest BCUT2D eigenvalue weighted by atomic mass is 79.9. The molecule has 1 N–H and O–H groups in total. The number of cyclic esters (lactones) is 1. The van der Waals surface area contributed by atoms with Crippen LogP contribution in [0.2, 0.25) is 0 Å². The fourth-order valence-electron chi connectivity index (χ4n) is 9.12. The molecule has 5 aliphatic heterocycles. The number of rotatable bonds is 1. The highest BCUT2D eigenvalue weighted by Crippen LogP contribution is 2.55. The number of aliphatic hydroxyl groups is 1. The number of nitrogens with zero attached hydrogens (tertiary/aromatic N) is 1. The van der Waals surface area contributed by atoms with Crippen LogP contribution >= 0.6 is 15.9 Å². The molecule has 0 unspecified atom stereocenters. The predicted octanol–water partition coefficient (Wildman–Crippen LogP) is 6.03. The van der Waals surface area contributed by atoms with Crippen LogP contribution in [0.3, 0.4) is 0 Å². The monoisotopic (exact) mass is 586 g/mol. The van der Waals surface area contributed by atoms with Gasteiger partial charge < -0.3 is 14.6 Å². The zero-order chi connectivity index (χ0) is 27.0. The quantitative estimate of drug-likeness (QED) is 0.176. The van der Waals surface area contributed by atoms with Crippen LogP contribution in [0.25, 0.3) is 0 Å². The number of fused-ring (bicyclic) bond motifs is 2. The smallest absolute Gasteiger partial charge is 0.334 e. The minimum absolute atomic E-state index is 0.0564. The minimum Gasteiger partial charge on any atom is -0.450 e. The van der Waals surface area contributed by atoms with E-state index in [0.29, 0.717) is 17.5 Å². The van der Waals surface area contributed by atoms with E-state index in [1.165, 1.54) is 24.0 Å². The summed E-state index contributed by atoms with van der Waals surface area (Å²) in [4.78, 5) is 12.3. The second kappa shape index (κ2) is 9.69. The van der Waals surface area contributed by atoms with Gasteiger partial charge in [-0.25, -0.2) is 9.37 Å². The van der Waals surface area contributed by atoms with Crippen molar-refractivity contribution >= 4 is 27.6 Å². The first-order chi connectivity index (χ1) is 18.0. The maximum atomic E-state index is 12.3. The molecule has 1 spiro atoms. The van der Waals surface area contributed by atoms with Gasteiger partial charge in [0, 0.05) is 30.8 Å². The summed E-state index contributed by atoms with van der Waals surface area (Å²) in [5, 5.41) is 11.3. The zero-order valence-electron chi connectivity index (χ0n) is 23.8. The van der Waals surface area contributed by atoms with Crippen molar-refractivity contribution in [3.05, 3.63) is 34.4 Å². The number of halogens is 1. The minimum atomic E-state index is -0.464. The molecule has 38 heavy (non-hydrogen) atoms. The van der Waals surface area contributed by atoms with Crippen LogP contribution in [0.15, 0.2) is 34.4 Å². The Labute approximate surface area is 236 Å². The second-order valence-electron chi connectivity index (χ2n) is 13.4. The molecule has 0 radical (unpaired) electrons. The molecule has 6 heteroatoms. The average molecular weight is 588 g/mol. The lowest BCUT2D eigenvalue weighted by molar-refractivity contribution is -0.573. The Morgan fingerprint density at radius 3 is 2.63 bits per heavy atom. The van der Waals surface area contributed by atoms with E-state index in [1.54, 1.807) is 5.71 Å². The molecule has 6 aliphatic rings. The highest BCUT2D eigenvalue weighted by Gasteiger charge is 2.60. The van der Waals surface area contributed by atoms with Crippen LogP contribution in [-0.4, -0.2) is 62.7 Å². The zero-order valence-corrected chi connectivity index (χ0v) is 25.4. The third kappa shape index (κ3) is 4.15. The van der Waals surface area contributed by atoms with E-state index >= 15 is 0 Å². The van der Waals surface area contributed by atoms with Gasteiger partial charge >= 0.3 is 5.97 Å². The number of esters is 1. The number of hydrogen-bond donors (Lipinski definition) is 1. The van der Waals surface area contributed by atoms with Gasteiger partial charge in [-0.05, 0) is 89.4 Å². The molecule has 208 valence electrons. The topological polar surface area (TPSA) is 58.8 Å². The summed E-state index contributed by atoms with van der Waals surface area (Å²) in [6.45, 7) is 12.1. The van der Waals surface area contributed by atoms with Gasteiger partial charge in [0.2, 0.25) is 0 Å². The molecule has 1 aliphatic carbocycles. The van der Waals surface area contributed by atoms with Gasteiger partial charge in [-0.1, -0.05) is 34.5 Å². The Bertz CT molecular complexity index is 1150. The van der Waals surface area contributed by atoms with Gasteiger partial charge in [0.25, 0.3) is 0 Å². The van der Waals surface area contributed by atoms with E-state index in [-0.39, 0.29) is 39.9 Å². The largest absolute Gasteiger partial charge is 0.450 e. The number of carbonyl (C=O) groups excluding carboxylic acids is 1. The number of hydrogen-bond acceptors (Lipinski definition) is 4. The van der Waals surface area contributed by atoms with Gasteiger partial charge in [-0.2, -0.15) is 0 Å². The molecule has 0 amide bonds. The van der Waals surface area contributed by atoms with Crippen LogP contribution in [0.4, 0.5) is 0 Å². The fourth-order valence-corrected chi connectivity index (χ4v) is 10.2. The molecule has 0 aromatic heterocycles. The molecule has 9 atom stereocenters. The Morgan fingerprint density at radius 2 is 1.89 bits per heavy atom.